The number of nitrogens with zero attached hydrogens (tertiary/aromatic N) is 1. The maximum Gasteiger partial charge on any atom is 0.321 e. The Bertz CT molecular complexity index is 696. The molecule has 2 aromatic rings. The van der Waals surface area contributed by atoms with Crippen molar-refractivity contribution in [1.82, 2.24) is 4.90 Å². The summed E-state index contributed by atoms with van der Waals surface area (Å²) < 4.78 is 5.76. The van der Waals surface area contributed by atoms with Gasteiger partial charge in [0.25, 0.3) is 0 Å². The third-order valence-corrected chi connectivity index (χ3v) is 4.57. The molecule has 132 valence electrons. The molecule has 5 nitrogen and oxygen atoms in total. The van der Waals surface area contributed by atoms with Gasteiger partial charge in [-0.3, -0.25) is 0 Å². The summed E-state index contributed by atoms with van der Waals surface area (Å²) in [7, 11) is 0. The molecule has 0 unspecified atom stereocenters. The van der Waals surface area contributed by atoms with Crippen LogP contribution in [0.2, 0.25) is 5.02 Å². The fraction of sp³-hybridized carbons (Fsp3) is 0.316. The van der Waals surface area contributed by atoms with Crippen LogP contribution in [0.5, 0.6) is 11.5 Å². The van der Waals surface area contributed by atoms with E-state index in [1.807, 2.05) is 4.90 Å². The lowest BCUT2D eigenvalue weighted by Gasteiger charge is -2.31. The van der Waals surface area contributed by atoms with Gasteiger partial charge in [0.2, 0.25) is 0 Å². The number of urea groups is 1. The lowest BCUT2D eigenvalue weighted by molar-refractivity contribution is 0.152. The van der Waals surface area contributed by atoms with Gasteiger partial charge in [-0.25, -0.2) is 4.79 Å². The number of halogens is 1. The zero-order valence-corrected chi connectivity index (χ0v) is 14.6. The van der Waals surface area contributed by atoms with Gasteiger partial charge in [0, 0.05) is 23.8 Å². The summed E-state index contributed by atoms with van der Waals surface area (Å²) >= 11 is 5.85. The Labute approximate surface area is 152 Å². The van der Waals surface area contributed by atoms with Gasteiger partial charge in [-0.2, -0.15) is 0 Å². The van der Waals surface area contributed by atoms with E-state index < -0.39 is 0 Å². The number of aromatic hydroxyl groups is 1. The maximum absolute atomic E-state index is 12.3. The maximum atomic E-state index is 12.3. The Hall–Kier alpha value is -2.40. The van der Waals surface area contributed by atoms with Crippen LogP contribution in [0.15, 0.2) is 48.5 Å². The fourth-order valence-corrected chi connectivity index (χ4v) is 2.92. The highest BCUT2D eigenvalue weighted by Gasteiger charge is 2.23. The SMILES string of the molecule is O=C(Nc1ccc(Cl)cc1)N1CCC(COc2ccc(O)cc2)CC1. The van der Waals surface area contributed by atoms with Crippen LogP contribution in [0.3, 0.4) is 0 Å². The number of amides is 2. The van der Waals surface area contributed by atoms with Crippen molar-refractivity contribution in [3.63, 3.8) is 0 Å². The van der Waals surface area contributed by atoms with Crippen molar-refractivity contribution in [3.8, 4) is 11.5 Å². The number of ether oxygens (including phenoxy) is 1. The van der Waals surface area contributed by atoms with Gasteiger partial charge < -0.3 is 20.1 Å². The third-order valence-electron chi connectivity index (χ3n) is 4.32. The molecule has 0 aromatic heterocycles. The molecule has 1 aliphatic heterocycles. The Morgan fingerprint density at radius 3 is 2.40 bits per heavy atom. The Balaban J connectivity index is 1.42. The van der Waals surface area contributed by atoms with Crippen LogP contribution in [0.25, 0.3) is 0 Å². The number of benzene rings is 2. The quantitative estimate of drug-likeness (QED) is 0.851. The second-order valence-corrected chi connectivity index (χ2v) is 6.61. The van der Waals surface area contributed by atoms with E-state index in [2.05, 4.69) is 5.32 Å². The number of phenols is 1. The van der Waals surface area contributed by atoms with E-state index in [9.17, 15) is 9.90 Å². The van der Waals surface area contributed by atoms with E-state index in [1.54, 1.807) is 48.5 Å². The Morgan fingerprint density at radius 1 is 1.12 bits per heavy atom. The van der Waals surface area contributed by atoms with Crippen molar-refractivity contribution < 1.29 is 14.6 Å². The summed E-state index contributed by atoms with van der Waals surface area (Å²) in [5, 5.41) is 12.8. The normalized spacial score (nSPS) is 15.0. The largest absolute Gasteiger partial charge is 0.508 e. The topological polar surface area (TPSA) is 61.8 Å². The van der Waals surface area contributed by atoms with Gasteiger partial charge in [0.05, 0.1) is 6.61 Å². The fourth-order valence-electron chi connectivity index (χ4n) is 2.79. The molecular formula is C19H21ClN2O3. The van der Waals surface area contributed by atoms with Gasteiger partial charge in [-0.1, -0.05) is 11.6 Å². The number of phenolic OH excluding ortho intramolecular Hbond substituents is 1. The van der Waals surface area contributed by atoms with Gasteiger partial charge in [-0.05, 0) is 67.3 Å². The van der Waals surface area contributed by atoms with E-state index in [1.165, 1.54) is 0 Å². The van der Waals surface area contributed by atoms with E-state index in [-0.39, 0.29) is 11.8 Å². The molecule has 2 amide bonds. The average Bonchev–Trinajstić information content (AvgIpc) is 2.63. The van der Waals surface area contributed by atoms with Crippen LogP contribution in [0.1, 0.15) is 12.8 Å². The molecule has 0 radical (unpaired) electrons. The number of hydrogen-bond acceptors (Lipinski definition) is 3. The number of rotatable bonds is 4. The summed E-state index contributed by atoms with van der Waals surface area (Å²) in [4.78, 5) is 14.1. The first-order chi connectivity index (χ1) is 12.1. The standard InChI is InChI=1S/C19H21ClN2O3/c20-15-1-3-16(4-2-15)21-19(24)22-11-9-14(10-12-22)13-25-18-7-5-17(23)6-8-18/h1-8,14,23H,9-13H2,(H,21,24). The number of nitrogens with one attached hydrogen (secondary N) is 1. The van der Waals surface area contributed by atoms with Crippen LogP contribution in [-0.2, 0) is 0 Å². The predicted molar refractivity (Wildman–Crippen MR) is 98.4 cm³/mol. The minimum absolute atomic E-state index is 0.0831. The van der Waals surface area contributed by atoms with Crippen molar-refractivity contribution in [2.75, 3.05) is 25.0 Å². The van der Waals surface area contributed by atoms with Crippen molar-refractivity contribution in [1.29, 1.82) is 0 Å². The van der Waals surface area contributed by atoms with Gasteiger partial charge in [-0.15, -0.1) is 0 Å². The molecule has 0 bridgehead atoms. The highest BCUT2D eigenvalue weighted by atomic mass is 35.5. The smallest absolute Gasteiger partial charge is 0.321 e. The van der Waals surface area contributed by atoms with E-state index in [0.29, 0.717) is 30.6 Å². The van der Waals surface area contributed by atoms with Gasteiger partial charge in [0.15, 0.2) is 0 Å². The first-order valence-electron chi connectivity index (χ1n) is 8.33. The van der Waals surface area contributed by atoms with Gasteiger partial charge >= 0.3 is 6.03 Å². The zero-order chi connectivity index (χ0) is 17.6. The van der Waals surface area contributed by atoms with Crippen LogP contribution in [0, 0.1) is 5.92 Å². The third kappa shape index (κ3) is 5.03. The first-order valence-corrected chi connectivity index (χ1v) is 8.71. The molecule has 0 atom stereocenters. The van der Waals surface area contributed by atoms with E-state index in [4.69, 9.17) is 16.3 Å². The molecule has 1 heterocycles. The van der Waals surface area contributed by atoms with Crippen LogP contribution in [0.4, 0.5) is 10.5 Å². The predicted octanol–water partition coefficient (Wildman–Crippen LogP) is 4.37. The van der Waals surface area contributed by atoms with Gasteiger partial charge in [0.1, 0.15) is 11.5 Å². The Kier molecular flexibility index (Phi) is 5.66. The number of anilines is 1. The number of carbonyl (C=O) groups is 1. The monoisotopic (exact) mass is 360 g/mol. The van der Waals surface area contributed by atoms with Crippen molar-refractivity contribution in [3.05, 3.63) is 53.6 Å². The molecule has 1 saturated heterocycles. The number of hydrogen-bond donors (Lipinski definition) is 2. The number of likely N-dealkylation sites (tertiary alicyclic amines) is 1. The highest BCUT2D eigenvalue weighted by Crippen LogP contribution is 2.22. The zero-order valence-electron chi connectivity index (χ0n) is 13.8. The molecule has 0 saturated carbocycles. The molecule has 2 aromatic carbocycles. The molecule has 2 N–H and O–H groups in total. The van der Waals surface area contributed by atoms with Crippen LogP contribution < -0.4 is 10.1 Å². The average molecular weight is 361 g/mol. The molecule has 6 heteroatoms. The van der Waals surface area contributed by atoms with Crippen molar-refractivity contribution in [2.45, 2.75) is 12.8 Å². The van der Waals surface area contributed by atoms with Crippen molar-refractivity contribution >= 4 is 23.3 Å². The molecular weight excluding hydrogens is 340 g/mol. The summed E-state index contributed by atoms with van der Waals surface area (Å²) in [6.07, 6.45) is 1.82. The van der Waals surface area contributed by atoms with Crippen LogP contribution in [-0.4, -0.2) is 35.7 Å². The van der Waals surface area contributed by atoms with Crippen molar-refractivity contribution in [2.24, 2.45) is 5.92 Å². The summed E-state index contributed by atoms with van der Waals surface area (Å²) in [6, 6.07) is 13.7. The summed E-state index contributed by atoms with van der Waals surface area (Å²) in [6.45, 7) is 2.05. The van der Waals surface area contributed by atoms with E-state index >= 15 is 0 Å². The molecule has 3 rings (SSSR count). The number of piperidine rings is 1. The minimum atomic E-state index is -0.0831. The molecule has 0 aliphatic carbocycles. The number of carbonyl (C=O) groups excluding carboxylic acids is 1. The summed E-state index contributed by atoms with van der Waals surface area (Å²) in [5.74, 6) is 1.40. The first kappa shape index (κ1) is 17.4. The van der Waals surface area contributed by atoms with Crippen LogP contribution >= 0.6 is 11.6 Å². The lowest BCUT2D eigenvalue weighted by atomic mass is 9.98. The highest BCUT2D eigenvalue weighted by molar-refractivity contribution is 6.30. The van der Waals surface area contributed by atoms with E-state index in [0.717, 1.165) is 24.3 Å². The summed E-state index contributed by atoms with van der Waals surface area (Å²) in [5.41, 5.74) is 0.743. The second-order valence-electron chi connectivity index (χ2n) is 6.17. The molecule has 0 spiro atoms. The molecule has 1 fully saturated rings. The lowest BCUT2D eigenvalue weighted by Crippen LogP contribution is -2.42. The second kappa shape index (κ2) is 8.12. The molecule has 25 heavy (non-hydrogen) atoms. The molecule has 1 aliphatic rings. The Morgan fingerprint density at radius 2 is 1.76 bits per heavy atom. The minimum Gasteiger partial charge on any atom is -0.508 e.